The van der Waals surface area contributed by atoms with Crippen molar-refractivity contribution in [3.63, 3.8) is 0 Å². The first-order chi connectivity index (χ1) is 6.69. The summed E-state index contributed by atoms with van der Waals surface area (Å²) < 4.78 is 4.83. The quantitative estimate of drug-likeness (QED) is 0.669. The zero-order valence-corrected chi connectivity index (χ0v) is 8.20. The highest BCUT2D eigenvalue weighted by atomic mass is 16.5. The molecule has 0 aliphatic heterocycles. The van der Waals surface area contributed by atoms with Gasteiger partial charge in [0.2, 0.25) is 0 Å². The summed E-state index contributed by atoms with van der Waals surface area (Å²) in [4.78, 5) is 11.3. The molecule has 3 nitrogen and oxygen atoms in total. The van der Waals surface area contributed by atoms with Crippen LogP contribution >= 0.6 is 0 Å². The Balaban J connectivity index is 2.98. The highest BCUT2D eigenvalue weighted by Crippen LogP contribution is 2.10. The van der Waals surface area contributed by atoms with Crippen LogP contribution in [0.2, 0.25) is 0 Å². The van der Waals surface area contributed by atoms with Gasteiger partial charge in [-0.15, -0.1) is 0 Å². The molecule has 0 amide bonds. The smallest absolute Gasteiger partial charge is 0.338 e. The number of hydrogen-bond acceptors (Lipinski definition) is 3. The van der Waals surface area contributed by atoms with Crippen LogP contribution in [0.25, 0.3) is 0 Å². The Morgan fingerprint density at radius 3 is 2.79 bits per heavy atom. The molecule has 0 aliphatic rings. The average molecular weight is 189 g/mol. The second-order valence-corrected chi connectivity index (χ2v) is 2.86. The monoisotopic (exact) mass is 189 g/mol. The number of carbonyl (C=O) groups excluding carboxylic acids is 1. The van der Waals surface area contributed by atoms with E-state index in [0.29, 0.717) is 17.7 Å². The van der Waals surface area contributed by atoms with Crippen LogP contribution in [0.3, 0.4) is 0 Å². The molecule has 0 fully saturated rings. The predicted octanol–water partition coefficient (Wildman–Crippen LogP) is 2.04. The third kappa shape index (κ3) is 2.11. The molecule has 0 bridgehead atoms. The lowest BCUT2D eigenvalue weighted by Crippen LogP contribution is -2.04. The van der Waals surface area contributed by atoms with Gasteiger partial charge in [0, 0.05) is 0 Å². The standard InChI is InChI=1S/C11H11NO2/c1-3-14-11(13)9-4-5-10(7-12)8(2)6-9/h4-6H,3H2,1-2H3. The molecule has 1 aromatic rings. The van der Waals surface area contributed by atoms with E-state index in [1.54, 1.807) is 32.0 Å². The number of carbonyl (C=O) groups is 1. The molecule has 0 aliphatic carbocycles. The summed E-state index contributed by atoms with van der Waals surface area (Å²) in [6.45, 7) is 3.91. The van der Waals surface area contributed by atoms with Crippen LogP contribution in [0.4, 0.5) is 0 Å². The van der Waals surface area contributed by atoms with E-state index in [9.17, 15) is 4.79 Å². The highest BCUT2D eigenvalue weighted by Gasteiger charge is 2.07. The Bertz CT molecular complexity index is 391. The largest absolute Gasteiger partial charge is 0.462 e. The number of nitriles is 1. The van der Waals surface area contributed by atoms with Gasteiger partial charge in [-0.25, -0.2) is 4.79 Å². The zero-order chi connectivity index (χ0) is 10.6. The number of benzene rings is 1. The fourth-order valence-corrected chi connectivity index (χ4v) is 1.13. The van der Waals surface area contributed by atoms with Crippen LogP contribution in [0.5, 0.6) is 0 Å². The molecule has 0 heterocycles. The molecule has 3 heteroatoms. The molecular weight excluding hydrogens is 178 g/mol. The first-order valence-corrected chi connectivity index (χ1v) is 4.37. The lowest BCUT2D eigenvalue weighted by atomic mass is 10.1. The van der Waals surface area contributed by atoms with Gasteiger partial charge < -0.3 is 4.74 Å². The van der Waals surface area contributed by atoms with E-state index >= 15 is 0 Å². The van der Waals surface area contributed by atoms with Gasteiger partial charge in [-0.1, -0.05) is 0 Å². The van der Waals surface area contributed by atoms with E-state index < -0.39 is 0 Å². The molecule has 0 saturated carbocycles. The van der Waals surface area contributed by atoms with E-state index in [2.05, 4.69) is 0 Å². The van der Waals surface area contributed by atoms with Crippen molar-refractivity contribution in [3.8, 4) is 6.07 Å². The summed E-state index contributed by atoms with van der Waals surface area (Å²) in [5.74, 6) is -0.347. The molecule has 72 valence electrons. The van der Waals surface area contributed by atoms with Crippen molar-refractivity contribution in [2.75, 3.05) is 6.61 Å². The fraction of sp³-hybridized carbons (Fsp3) is 0.273. The van der Waals surface area contributed by atoms with Crippen LogP contribution in [0, 0.1) is 18.3 Å². The van der Waals surface area contributed by atoms with Gasteiger partial charge in [0.15, 0.2) is 0 Å². The van der Waals surface area contributed by atoms with Gasteiger partial charge in [-0.05, 0) is 37.6 Å². The summed E-state index contributed by atoms with van der Waals surface area (Å²) in [6, 6.07) is 6.93. The summed E-state index contributed by atoms with van der Waals surface area (Å²) in [6.07, 6.45) is 0. The first-order valence-electron chi connectivity index (χ1n) is 4.37. The second-order valence-electron chi connectivity index (χ2n) is 2.86. The van der Waals surface area contributed by atoms with Crippen molar-refractivity contribution in [2.24, 2.45) is 0 Å². The van der Waals surface area contributed by atoms with E-state index in [1.807, 2.05) is 6.07 Å². The number of rotatable bonds is 2. The molecule has 0 spiro atoms. The lowest BCUT2D eigenvalue weighted by molar-refractivity contribution is 0.0526. The maximum atomic E-state index is 11.3. The van der Waals surface area contributed by atoms with E-state index in [4.69, 9.17) is 10.00 Å². The maximum Gasteiger partial charge on any atom is 0.338 e. The van der Waals surface area contributed by atoms with E-state index in [0.717, 1.165) is 5.56 Å². The van der Waals surface area contributed by atoms with E-state index in [1.165, 1.54) is 0 Å². The third-order valence-corrected chi connectivity index (χ3v) is 1.86. The minimum Gasteiger partial charge on any atom is -0.462 e. The van der Waals surface area contributed by atoms with Gasteiger partial charge >= 0.3 is 5.97 Å². The molecular formula is C11H11NO2. The van der Waals surface area contributed by atoms with Crippen LogP contribution in [0.15, 0.2) is 18.2 Å². The van der Waals surface area contributed by atoms with Crippen LogP contribution in [-0.4, -0.2) is 12.6 Å². The number of nitrogens with zero attached hydrogens (tertiary/aromatic N) is 1. The van der Waals surface area contributed by atoms with Gasteiger partial charge in [0.05, 0.1) is 23.8 Å². The summed E-state index contributed by atoms with van der Waals surface area (Å²) >= 11 is 0. The van der Waals surface area contributed by atoms with Gasteiger partial charge in [-0.3, -0.25) is 0 Å². The Labute approximate surface area is 82.9 Å². The summed E-state index contributed by atoms with van der Waals surface area (Å²) in [7, 11) is 0. The predicted molar refractivity (Wildman–Crippen MR) is 51.9 cm³/mol. The van der Waals surface area contributed by atoms with Crippen molar-refractivity contribution in [2.45, 2.75) is 13.8 Å². The van der Waals surface area contributed by atoms with Crippen molar-refractivity contribution >= 4 is 5.97 Å². The normalized spacial score (nSPS) is 9.21. The molecule has 0 radical (unpaired) electrons. The van der Waals surface area contributed by atoms with Crippen molar-refractivity contribution < 1.29 is 9.53 Å². The minimum atomic E-state index is -0.347. The Kier molecular flexibility index (Phi) is 3.24. The Morgan fingerprint density at radius 2 is 2.29 bits per heavy atom. The number of esters is 1. The third-order valence-electron chi connectivity index (χ3n) is 1.86. The molecule has 0 aromatic heterocycles. The second kappa shape index (κ2) is 4.43. The molecule has 1 rings (SSSR count). The lowest BCUT2D eigenvalue weighted by Gasteiger charge is -2.03. The number of hydrogen-bond donors (Lipinski definition) is 0. The fourth-order valence-electron chi connectivity index (χ4n) is 1.13. The van der Waals surface area contributed by atoms with Gasteiger partial charge in [0.25, 0.3) is 0 Å². The molecule has 14 heavy (non-hydrogen) atoms. The molecule has 0 saturated heterocycles. The first kappa shape index (κ1) is 10.3. The highest BCUT2D eigenvalue weighted by molar-refractivity contribution is 5.89. The zero-order valence-electron chi connectivity index (χ0n) is 8.20. The number of aryl methyl sites for hydroxylation is 1. The molecule has 1 aromatic carbocycles. The van der Waals surface area contributed by atoms with Crippen molar-refractivity contribution in [1.29, 1.82) is 5.26 Å². The summed E-state index contributed by atoms with van der Waals surface area (Å²) in [5, 5.41) is 8.69. The minimum absolute atomic E-state index is 0.347. The van der Waals surface area contributed by atoms with Crippen molar-refractivity contribution in [1.82, 2.24) is 0 Å². The van der Waals surface area contributed by atoms with Crippen LogP contribution in [-0.2, 0) is 4.74 Å². The van der Waals surface area contributed by atoms with Gasteiger partial charge in [-0.2, -0.15) is 5.26 Å². The topological polar surface area (TPSA) is 50.1 Å². The Morgan fingerprint density at radius 1 is 1.57 bits per heavy atom. The number of ether oxygens (including phenoxy) is 1. The molecule has 0 N–H and O–H groups in total. The maximum absolute atomic E-state index is 11.3. The SMILES string of the molecule is CCOC(=O)c1ccc(C#N)c(C)c1. The Hall–Kier alpha value is -1.82. The van der Waals surface area contributed by atoms with Crippen LogP contribution < -0.4 is 0 Å². The van der Waals surface area contributed by atoms with Crippen molar-refractivity contribution in [3.05, 3.63) is 34.9 Å². The molecule has 0 unspecified atom stereocenters. The van der Waals surface area contributed by atoms with Crippen LogP contribution in [0.1, 0.15) is 28.4 Å². The van der Waals surface area contributed by atoms with E-state index in [-0.39, 0.29) is 5.97 Å². The van der Waals surface area contributed by atoms with Gasteiger partial charge in [0.1, 0.15) is 0 Å². The average Bonchev–Trinajstić information content (AvgIpc) is 2.18. The molecule has 0 atom stereocenters. The summed E-state index contributed by atoms with van der Waals surface area (Å²) in [5.41, 5.74) is 1.86.